The van der Waals surface area contributed by atoms with Crippen LogP contribution in [0.5, 0.6) is 5.75 Å². The van der Waals surface area contributed by atoms with Gasteiger partial charge in [0.05, 0.1) is 6.54 Å². The van der Waals surface area contributed by atoms with Crippen molar-refractivity contribution in [2.75, 3.05) is 13.1 Å². The fourth-order valence-electron chi connectivity index (χ4n) is 3.13. The molecule has 11 heteroatoms. The maximum atomic E-state index is 13.0. The van der Waals surface area contributed by atoms with E-state index in [-0.39, 0.29) is 31.1 Å². The monoisotopic (exact) mass is 465 g/mol. The van der Waals surface area contributed by atoms with Crippen molar-refractivity contribution in [1.82, 2.24) is 16.0 Å². The molecule has 0 aromatic heterocycles. The number of phenolic OH excluding ortho intramolecular Hbond substituents is 1. The van der Waals surface area contributed by atoms with Gasteiger partial charge in [0.2, 0.25) is 17.7 Å². The van der Waals surface area contributed by atoms with Gasteiger partial charge in [-0.2, -0.15) is 0 Å². The summed E-state index contributed by atoms with van der Waals surface area (Å²) < 4.78 is 0. The van der Waals surface area contributed by atoms with Crippen molar-refractivity contribution >= 4 is 23.7 Å². The van der Waals surface area contributed by atoms with Gasteiger partial charge in [-0.1, -0.05) is 26.0 Å². The van der Waals surface area contributed by atoms with Gasteiger partial charge in [-0.3, -0.25) is 14.4 Å². The molecule has 3 amide bonds. The second-order valence-electron chi connectivity index (χ2n) is 8.11. The number of aliphatic carboxylic acids is 1. The Morgan fingerprint density at radius 3 is 2.06 bits per heavy atom. The molecule has 0 heterocycles. The number of carboxylic acids is 1. The molecule has 0 aliphatic rings. The van der Waals surface area contributed by atoms with E-state index in [2.05, 4.69) is 16.0 Å². The van der Waals surface area contributed by atoms with Crippen molar-refractivity contribution < 1.29 is 29.4 Å². The zero-order valence-corrected chi connectivity index (χ0v) is 19.0. The number of carbonyl (C=O) groups is 4. The average molecular weight is 466 g/mol. The molecule has 0 saturated heterocycles. The smallest absolute Gasteiger partial charge is 0.326 e. The topological polar surface area (TPSA) is 197 Å². The fourth-order valence-corrected chi connectivity index (χ4v) is 3.13. The van der Waals surface area contributed by atoms with Crippen LogP contribution < -0.4 is 27.4 Å². The maximum Gasteiger partial charge on any atom is 0.326 e. The summed E-state index contributed by atoms with van der Waals surface area (Å²) in [6.45, 7) is 3.52. The van der Waals surface area contributed by atoms with Gasteiger partial charge in [0.25, 0.3) is 0 Å². The number of benzene rings is 1. The number of phenols is 1. The lowest BCUT2D eigenvalue weighted by atomic mass is 10.00. The minimum atomic E-state index is -1.17. The molecule has 0 bridgehead atoms. The Kier molecular flexibility index (Phi) is 11.9. The van der Waals surface area contributed by atoms with E-state index in [1.165, 1.54) is 12.1 Å². The number of aromatic hydroxyl groups is 1. The summed E-state index contributed by atoms with van der Waals surface area (Å²) in [7, 11) is 0. The van der Waals surface area contributed by atoms with Gasteiger partial charge in [-0.05, 0) is 49.4 Å². The zero-order chi connectivity index (χ0) is 25.0. The van der Waals surface area contributed by atoms with Gasteiger partial charge in [0, 0.05) is 6.42 Å². The van der Waals surface area contributed by atoms with Gasteiger partial charge in [-0.15, -0.1) is 0 Å². The minimum absolute atomic E-state index is 0.0572. The second kappa shape index (κ2) is 14.1. The number of carboxylic acid groups (broad SMARTS) is 1. The summed E-state index contributed by atoms with van der Waals surface area (Å²) >= 11 is 0. The quantitative estimate of drug-likeness (QED) is 0.174. The number of hydrogen-bond acceptors (Lipinski definition) is 7. The Labute approximate surface area is 193 Å². The largest absolute Gasteiger partial charge is 0.508 e. The van der Waals surface area contributed by atoms with Gasteiger partial charge >= 0.3 is 5.97 Å². The van der Waals surface area contributed by atoms with E-state index in [0.717, 1.165) is 0 Å². The predicted molar refractivity (Wildman–Crippen MR) is 122 cm³/mol. The van der Waals surface area contributed by atoms with Crippen LogP contribution in [0.3, 0.4) is 0 Å². The lowest BCUT2D eigenvalue weighted by Gasteiger charge is -2.26. The minimum Gasteiger partial charge on any atom is -0.508 e. The fraction of sp³-hybridized carbons (Fsp3) is 0.545. The normalized spacial score (nSPS) is 13.6. The lowest BCUT2D eigenvalue weighted by molar-refractivity contribution is -0.142. The van der Waals surface area contributed by atoms with Crippen LogP contribution in [0.25, 0.3) is 0 Å². The number of unbranched alkanes of at least 4 members (excludes halogenated alkanes) is 1. The van der Waals surface area contributed by atoms with Crippen molar-refractivity contribution in [3.63, 3.8) is 0 Å². The van der Waals surface area contributed by atoms with Gasteiger partial charge in [-0.25, -0.2) is 4.79 Å². The van der Waals surface area contributed by atoms with Crippen LogP contribution in [0.1, 0.15) is 38.7 Å². The Morgan fingerprint density at radius 1 is 0.909 bits per heavy atom. The van der Waals surface area contributed by atoms with Crippen molar-refractivity contribution in [3.8, 4) is 5.75 Å². The Hall–Kier alpha value is -3.18. The Morgan fingerprint density at radius 2 is 1.55 bits per heavy atom. The molecule has 1 aromatic carbocycles. The van der Waals surface area contributed by atoms with E-state index < -0.39 is 41.8 Å². The van der Waals surface area contributed by atoms with Crippen LogP contribution in [0.4, 0.5) is 0 Å². The van der Waals surface area contributed by atoms with Crippen molar-refractivity contribution in [1.29, 1.82) is 0 Å². The standard InChI is InChI=1S/C22H35N5O6/c1-13(2)19(21(31)26-16(22(32)33)5-3-4-10-23)27-20(30)17(25-18(29)12-24)11-14-6-8-15(28)9-7-14/h6-9,13,16-17,19,28H,3-5,10-12,23-24H2,1-2H3,(H,25,29)(H,26,31)(H,27,30)(H,32,33). The lowest BCUT2D eigenvalue weighted by Crippen LogP contribution is -2.58. The number of hydrogen-bond donors (Lipinski definition) is 7. The Balaban J connectivity index is 2.95. The summed E-state index contributed by atoms with van der Waals surface area (Å²) in [5.41, 5.74) is 11.5. The third-order valence-electron chi connectivity index (χ3n) is 5.02. The molecule has 1 aromatic rings. The molecule has 0 aliphatic carbocycles. The third kappa shape index (κ3) is 9.87. The summed E-state index contributed by atoms with van der Waals surface area (Å²) in [5, 5.41) is 26.5. The first-order valence-electron chi connectivity index (χ1n) is 10.9. The number of amides is 3. The molecular formula is C22H35N5O6. The molecule has 3 atom stereocenters. The third-order valence-corrected chi connectivity index (χ3v) is 5.02. The number of rotatable bonds is 14. The van der Waals surface area contributed by atoms with Crippen LogP contribution in [0, 0.1) is 5.92 Å². The van der Waals surface area contributed by atoms with Gasteiger partial charge < -0.3 is 37.6 Å². The molecular weight excluding hydrogens is 430 g/mol. The second-order valence-corrected chi connectivity index (χ2v) is 8.11. The van der Waals surface area contributed by atoms with Crippen LogP contribution in [-0.2, 0) is 25.6 Å². The van der Waals surface area contributed by atoms with E-state index in [4.69, 9.17) is 11.5 Å². The molecule has 0 fully saturated rings. The van der Waals surface area contributed by atoms with E-state index in [9.17, 15) is 29.4 Å². The van der Waals surface area contributed by atoms with Crippen LogP contribution in [0.2, 0.25) is 0 Å². The molecule has 0 saturated carbocycles. The number of nitrogens with one attached hydrogen (secondary N) is 3. The van der Waals surface area contributed by atoms with E-state index in [0.29, 0.717) is 24.9 Å². The highest BCUT2D eigenvalue weighted by molar-refractivity contribution is 5.93. The number of nitrogens with two attached hydrogens (primary N) is 2. The van der Waals surface area contributed by atoms with Gasteiger partial charge in [0.1, 0.15) is 23.9 Å². The molecule has 0 spiro atoms. The molecule has 184 valence electrons. The highest BCUT2D eigenvalue weighted by Crippen LogP contribution is 2.12. The molecule has 1 rings (SSSR count). The molecule has 11 nitrogen and oxygen atoms in total. The molecule has 3 unspecified atom stereocenters. The highest BCUT2D eigenvalue weighted by Gasteiger charge is 2.31. The number of carbonyl (C=O) groups excluding carboxylic acids is 3. The van der Waals surface area contributed by atoms with Crippen LogP contribution in [0.15, 0.2) is 24.3 Å². The summed E-state index contributed by atoms with van der Waals surface area (Å²) in [6.07, 6.45) is 1.48. The first-order chi connectivity index (χ1) is 15.6. The van der Waals surface area contributed by atoms with E-state index >= 15 is 0 Å². The summed E-state index contributed by atoms with van der Waals surface area (Å²) in [5.74, 6) is -3.27. The summed E-state index contributed by atoms with van der Waals surface area (Å²) in [4.78, 5) is 49.2. The predicted octanol–water partition coefficient (Wildman–Crippen LogP) is -0.783. The van der Waals surface area contributed by atoms with Crippen LogP contribution in [-0.4, -0.2) is 65.1 Å². The highest BCUT2D eigenvalue weighted by atomic mass is 16.4. The SMILES string of the molecule is CC(C)C(NC(=O)C(Cc1ccc(O)cc1)NC(=O)CN)C(=O)NC(CCCCN)C(=O)O. The zero-order valence-electron chi connectivity index (χ0n) is 19.0. The summed E-state index contributed by atoms with van der Waals surface area (Å²) in [6, 6.07) is 2.97. The van der Waals surface area contributed by atoms with E-state index in [1.54, 1.807) is 26.0 Å². The average Bonchev–Trinajstić information content (AvgIpc) is 2.77. The molecule has 9 N–H and O–H groups in total. The van der Waals surface area contributed by atoms with Crippen LogP contribution >= 0.6 is 0 Å². The Bertz CT molecular complexity index is 799. The molecule has 0 aliphatic heterocycles. The van der Waals surface area contributed by atoms with Crippen molar-refractivity contribution in [2.24, 2.45) is 17.4 Å². The first kappa shape index (κ1) is 27.9. The maximum absolute atomic E-state index is 13.0. The molecule has 33 heavy (non-hydrogen) atoms. The van der Waals surface area contributed by atoms with E-state index in [1.807, 2.05) is 0 Å². The van der Waals surface area contributed by atoms with Crippen molar-refractivity contribution in [2.45, 2.75) is 57.7 Å². The van der Waals surface area contributed by atoms with Gasteiger partial charge in [0.15, 0.2) is 0 Å². The van der Waals surface area contributed by atoms with Crippen molar-refractivity contribution in [3.05, 3.63) is 29.8 Å². The molecule has 0 radical (unpaired) electrons. The first-order valence-corrected chi connectivity index (χ1v) is 10.9.